The molecule has 1 heterocycles. The molecule has 3 amide bonds. The average Bonchev–Trinajstić information content (AvgIpc) is 3.68. The summed E-state index contributed by atoms with van der Waals surface area (Å²) in [4.78, 5) is 41.7. The maximum Gasteiger partial charge on any atom is 0.408 e. The molecule has 5 aromatic rings. The van der Waals surface area contributed by atoms with Crippen molar-refractivity contribution in [2.75, 3.05) is 33.9 Å². The van der Waals surface area contributed by atoms with Crippen LogP contribution in [0.15, 0.2) is 140 Å². The highest BCUT2D eigenvalue weighted by Crippen LogP contribution is 2.42. The van der Waals surface area contributed by atoms with E-state index in [9.17, 15) is 19.5 Å². The number of amides is 3. The number of unbranched alkanes of at least 4 members (excludes halogenated alkanes) is 1. The molecule has 1 aliphatic heterocycles. The second-order valence-electron chi connectivity index (χ2n) is 14.6. The standard InChI is InChI=1S/C48H53N3O9/c1-56-42-25-21-38(22-26-42)48(37-18-10-5-11-19-37,39-23-27-43(57-2)28-24-39)60-34-40-30-41(52)31-51(40)45(53)44(50-47(55)59-33-36-16-8-4-9-17-36)20-12-13-29-49-46(54)58-32-35-14-6-3-7-15-35/h3-11,14-19,21-28,40-41,44,52H,12-13,20,29-34H2,1-2H3,(H,49,54)(H,50,55)/t40-,41+,44-/m0/s1. The van der Waals surface area contributed by atoms with Crippen molar-refractivity contribution in [1.29, 1.82) is 0 Å². The first-order valence-electron chi connectivity index (χ1n) is 20.2. The van der Waals surface area contributed by atoms with Gasteiger partial charge in [0.15, 0.2) is 0 Å². The summed E-state index contributed by atoms with van der Waals surface area (Å²) in [5, 5.41) is 16.6. The molecule has 0 bridgehead atoms. The van der Waals surface area contributed by atoms with E-state index < -0.39 is 36.0 Å². The van der Waals surface area contributed by atoms with Crippen LogP contribution in [-0.2, 0) is 37.8 Å². The van der Waals surface area contributed by atoms with Gasteiger partial charge in [-0.25, -0.2) is 9.59 Å². The fourth-order valence-electron chi connectivity index (χ4n) is 7.42. The predicted molar refractivity (Wildman–Crippen MR) is 226 cm³/mol. The Morgan fingerprint density at radius 1 is 0.683 bits per heavy atom. The monoisotopic (exact) mass is 815 g/mol. The highest BCUT2D eigenvalue weighted by Gasteiger charge is 2.43. The number of likely N-dealkylation sites (tertiary alicyclic amines) is 1. The van der Waals surface area contributed by atoms with Crippen molar-refractivity contribution in [1.82, 2.24) is 15.5 Å². The molecule has 0 saturated carbocycles. The van der Waals surface area contributed by atoms with Crippen LogP contribution in [0.2, 0.25) is 0 Å². The molecule has 6 rings (SSSR count). The van der Waals surface area contributed by atoms with Gasteiger partial charge >= 0.3 is 12.2 Å². The molecule has 3 N–H and O–H groups in total. The fraction of sp³-hybridized carbons (Fsp3) is 0.312. The lowest BCUT2D eigenvalue weighted by atomic mass is 9.80. The molecule has 0 aromatic heterocycles. The summed E-state index contributed by atoms with van der Waals surface area (Å²) in [7, 11) is 3.23. The highest BCUT2D eigenvalue weighted by molar-refractivity contribution is 5.86. The molecule has 0 spiro atoms. The largest absolute Gasteiger partial charge is 0.497 e. The quantitative estimate of drug-likeness (QED) is 0.0575. The molecular formula is C48H53N3O9. The van der Waals surface area contributed by atoms with E-state index in [1.807, 2.05) is 140 Å². The van der Waals surface area contributed by atoms with Crippen LogP contribution in [0.4, 0.5) is 9.59 Å². The maximum atomic E-state index is 14.6. The second-order valence-corrected chi connectivity index (χ2v) is 14.6. The lowest BCUT2D eigenvalue weighted by molar-refractivity contribution is -0.136. The number of alkyl carbamates (subject to hydrolysis) is 2. The molecule has 1 aliphatic rings. The third kappa shape index (κ3) is 11.4. The van der Waals surface area contributed by atoms with Crippen LogP contribution in [0.5, 0.6) is 11.5 Å². The Kier molecular flexibility index (Phi) is 15.5. The van der Waals surface area contributed by atoms with Crippen molar-refractivity contribution >= 4 is 18.1 Å². The summed E-state index contributed by atoms with van der Waals surface area (Å²) in [5.41, 5.74) is 3.05. The van der Waals surface area contributed by atoms with Gasteiger partial charge in [0.2, 0.25) is 5.91 Å². The number of nitrogens with zero attached hydrogens (tertiary/aromatic N) is 1. The van der Waals surface area contributed by atoms with E-state index in [0.717, 1.165) is 27.8 Å². The summed E-state index contributed by atoms with van der Waals surface area (Å²) in [5.74, 6) is 1.00. The zero-order valence-electron chi connectivity index (χ0n) is 34.0. The molecule has 1 fully saturated rings. The Hall–Kier alpha value is -6.37. The first kappa shape index (κ1) is 43.2. The van der Waals surface area contributed by atoms with Crippen molar-refractivity contribution in [3.8, 4) is 11.5 Å². The Balaban J connectivity index is 1.19. The SMILES string of the molecule is COc1ccc(C(OC[C@@H]2C[C@@H](O)CN2C(=O)[C@H](CCCCNC(=O)OCc2ccccc2)NC(=O)OCc2ccccc2)(c2ccccc2)c2ccc(OC)cc2)cc1. The number of aliphatic hydroxyl groups excluding tert-OH is 1. The Labute approximate surface area is 351 Å². The van der Waals surface area contributed by atoms with Gasteiger partial charge in [-0.05, 0) is 77.8 Å². The smallest absolute Gasteiger partial charge is 0.408 e. The van der Waals surface area contributed by atoms with Crippen molar-refractivity contribution in [3.63, 3.8) is 0 Å². The first-order valence-corrected chi connectivity index (χ1v) is 20.2. The summed E-state index contributed by atoms with van der Waals surface area (Å²) in [6.07, 6.45) is -0.573. The third-order valence-corrected chi connectivity index (χ3v) is 10.5. The van der Waals surface area contributed by atoms with E-state index in [-0.39, 0.29) is 45.1 Å². The maximum absolute atomic E-state index is 14.6. The first-order chi connectivity index (χ1) is 29.3. The van der Waals surface area contributed by atoms with Crippen molar-refractivity contribution < 1.29 is 43.2 Å². The Morgan fingerprint density at radius 2 is 1.18 bits per heavy atom. The van der Waals surface area contributed by atoms with Gasteiger partial charge in [-0.1, -0.05) is 115 Å². The van der Waals surface area contributed by atoms with Crippen LogP contribution in [0, 0.1) is 0 Å². The van der Waals surface area contributed by atoms with E-state index in [1.165, 1.54) is 0 Å². The van der Waals surface area contributed by atoms with Crippen LogP contribution in [-0.4, -0.2) is 80.2 Å². The lowest BCUT2D eigenvalue weighted by Crippen LogP contribution is -2.51. The molecule has 60 heavy (non-hydrogen) atoms. The number of carbonyl (C=O) groups excluding carboxylic acids is 3. The summed E-state index contributed by atoms with van der Waals surface area (Å²) >= 11 is 0. The fourth-order valence-corrected chi connectivity index (χ4v) is 7.42. The normalized spacial score (nSPS) is 15.4. The third-order valence-electron chi connectivity index (χ3n) is 10.5. The number of hydrogen-bond acceptors (Lipinski definition) is 9. The number of aliphatic hydroxyl groups is 1. The summed E-state index contributed by atoms with van der Waals surface area (Å²) < 4.78 is 29.0. The van der Waals surface area contributed by atoms with Gasteiger partial charge in [-0.2, -0.15) is 0 Å². The van der Waals surface area contributed by atoms with E-state index in [1.54, 1.807) is 19.1 Å². The zero-order chi connectivity index (χ0) is 42.2. The minimum Gasteiger partial charge on any atom is -0.497 e. The minimum absolute atomic E-state index is 0.0276. The van der Waals surface area contributed by atoms with Crippen LogP contribution in [0.3, 0.4) is 0 Å². The van der Waals surface area contributed by atoms with Gasteiger partial charge in [-0.15, -0.1) is 0 Å². The van der Waals surface area contributed by atoms with Crippen LogP contribution < -0.4 is 20.1 Å². The van der Waals surface area contributed by atoms with E-state index in [0.29, 0.717) is 30.9 Å². The van der Waals surface area contributed by atoms with Gasteiger partial charge in [-0.3, -0.25) is 4.79 Å². The van der Waals surface area contributed by atoms with E-state index in [2.05, 4.69) is 10.6 Å². The second kappa shape index (κ2) is 21.6. The molecular weight excluding hydrogens is 763 g/mol. The number of rotatable bonds is 19. The van der Waals surface area contributed by atoms with E-state index in [4.69, 9.17) is 23.7 Å². The number of nitrogens with one attached hydrogen (secondary N) is 2. The van der Waals surface area contributed by atoms with Crippen LogP contribution >= 0.6 is 0 Å². The Morgan fingerprint density at radius 3 is 1.72 bits per heavy atom. The lowest BCUT2D eigenvalue weighted by Gasteiger charge is -2.38. The number of carbonyl (C=O) groups is 3. The minimum atomic E-state index is -1.14. The van der Waals surface area contributed by atoms with Gasteiger partial charge < -0.3 is 44.3 Å². The number of hydrogen-bond donors (Lipinski definition) is 3. The van der Waals surface area contributed by atoms with Crippen LogP contribution in [0.25, 0.3) is 0 Å². The van der Waals surface area contributed by atoms with Crippen LogP contribution in [0.1, 0.15) is 53.5 Å². The van der Waals surface area contributed by atoms with Crippen molar-refractivity contribution in [2.45, 2.75) is 62.7 Å². The molecule has 5 aromatic carbocycles. The van der Waals surface area contributed by atoms with Gasteiger partial charge in [0.05, 0.1) is 33.0 Å². The summed E-state index contributed by atoms with van der Waals surface area (Å²) in [6.45, 7) is 0.597. The van der Waals surface area contributed by atoms with Crippen molar-refractivity contribution in [3.05, 3.63) is 167 Å². The zero-order valence-corrected chi connectivity index (χ0v) is 34.0. The number of ether oxygens (including phenoxy) is 5. The summed E-state index contributed by atoms with van der Waals surface area (Å²) in [6, 6.07) is 42.3. The molecule has 1 saturated heterocycles. The molecule has 12 nitrogen and oxygen atoms in total. The number of methoxy groups -OCH3 is 2. The Bertz CT molecular complexity index is 2040. The average molecular weight is 816 g/mol. The predicted octanol–water partition coefficient (Wildman–Crippen LogP) is 7.37. The van der Waals surface area contributed by atoms with Crippen molar-refractivity contribution in [2.24, 2.45) is 0 Å². The van der Waals surface area contributed by atoms with E-state index >= 15 is 0 Å². The molecule has 3 atom stereocenters. The number of benzene rings is 5. The molecule has 12 heteroatoms. The van der Waals surface area contributed by atoms with Gasteiger partial charge in [0, 0.05) is 13.1 Å². The highest BCUT2D eigenvalue weighted by atomic mass is 16.6. The molecule has 314 valence electrons. The van der Waals surface area contributed by atoms with Gasteiger partial charge in [0.25, 0.3) is 0 Å². The number of β-amino-alcohol motifs (C(OH)–C–C–N with tert-alkyl or cyclic N) is 1. The topological polar surface area (TPSA) is 145 Å². The van der Waals surface area contributed by atoms with Gasteiger partial charge in [0.1, 0.15) is 36.4 Å². The molecule has 0 aliphatic carbocycles. The molecule has 0 unspecified atom stereocenters. The molecule has 0 radical (unpaired) electrons.